The summed E-state index contributed by atoms with van der Waals surface area (Å²) in [6.07, 6.45) is 6.07. The molecule has 1 saturated carbocycles. The highest BCUT2D eigenvalue weighted by molar-refractivity contribution is 5.96. The first-order chi connectivity index (χ1) is 10.5. The molecule has 0 heterocycles. The predicted molar refractivity (Wildman–Crippen MR) is 85.2 cm³/mol. The van der Waals surface area contributed by atoms with E-state index in [-0.39, 0.29) is 17.1 Å². The van der Waals surface area contributed by atoms with Crippen LogP contribution in [0.15, 0.2) is 36.9 Å². The number of Topliss-reactive ketones (excluding diaryl/α,β-unsaturated/α-hetero) is 1. The molecule has 0 N–H and O–H groups in total. The fourth-order valence-electron chi connectivity index (χ4n) is 3.14. The van der Waals surface area contributed by atoms with E-state index in [0.717, 1.165) is 18.4 Å². The van der Waals surface area contributed by atoms with Gasteiger partial charge in [-0.3, -0.25) is 4.79 Å². The Morgan fingerprint density at radius 3 is 2.82 bits per heavy atom. The molecular formula is C19H20O3. The fraction of sp³-hybridized carbons (Fsp3) is 0.368. The van der Waals surface area contributed by atoms with Gasteiger partial charge in [0.25, 0.3) is 0 Å². The molecule has 2 rings (SSSR count). The first-order valence-corrected chi connectivity index (χ1v) is 7.41. The van der Waals surface area contributed by atoms with Gasteiger partial charge in [0.1, 0.15) is 11.9 Å². The van der Waals surface area contributed by atoms with Crippen molar-refractivity contribution < 1.29 is 14.3 Å². The van der Waals surface area contributed by atoms with Gasteiger partial charge >= 0.3 is 5.97 Å². The quantitative estimate of drug-likeness (QED) is 0.615. The second-order valence-corrected chi connectivity index (χ2v) is 6.17. The number of rotatable bonds is 2. The number of ketones is 1. The van der Waals surface area contributed by atoms with Crippen LogP contribution in [-0.2, 0) is 9.53 Å². The molecule has 3 heteroatoms. The van der Waals surface area contributed by atoms with Crippen LogP contribution >= 0.6 is 0 Å². The van der Waals surface area contributed by atoms with Crippen molar-refractivity contribution in [1.29, 1.82) is 0 Å². The number of ether oxygens (including phenoxy) is 1. The highest BCUT2D eigenvalue weighted by atomic mass is 16.5. The van der Waals surface area contributed by atoms with Crippen LogP contribution in [0, 0.1) is 17.4 Å². The van der Waals surface area contributed by atoms with Crippen LogP contribution in [0.5, 0.6) is 0 Å². The minimum Gasteiger partial charge on any atom is -0.368 e. The molecule has 22 heavy (non-hydrogen) atoms. The van der Waals surface area contributed by atoms with Gasteiger partial charge in [-0.1, -0.05) is 38.6 Å². The zero-order chi connectivity index (χ0) is 16.2. The molecule has 1 aliphatic rings. The van der Waals surface area contributed by atoms with Crippen LogP contribution in [0.1, 0.15) is 54.9 Å². The van der Waals surface area contributed by atoms with Crippen molar-refractivity contribution in [2.45, 2.75) is 39.0 Å². The summed E-state index contributed by atoms with van der Waals surface area (Å²) in [6.45, 7) is 7.60. The fourth-order valence-corrected chi connectivity index (χ4v) is 3.14. The third-order valence-electron chi connectivity index (χ3n) is 4.14. The molecule has 0 aromatic heterocycles. The molecule has 1 atom stereocenters. The van der Waals surface area contributed by atoms with Crippen molar-refractivity contribution in [3.8, 4) is 12.0 Å². The van der Waals surface area contributed by atoms with Crippen molar-refractivity contribution >= 4 is 11.8 Å². The Kier molecular flexibility index (Phi) is 4.82. The van der Waals surface area contributed by atoms with Crippen LogP contribution < -0.4 is 0 Å². The van der Waals surface area contributed by atoms with E-state index in [2.05, 4.69) is 32.5 Å². The number of carbonyl (C=O) groups excluding carboxylic acids is 2. The van der Waals surface area contributed by atoms with Gasteiger partial charge < -0.3 is 4.74 Å². The Morgan fingerprint density at radius 1 is 1.41 bits per heavy atom. The number of hydrogen-bond donors (Lipinski definition) is 0. The molecule has 1 aliphatic carbocycles. The Labute approximate surface area is 131 Å². The summed E-state index contributed by atoms with van der Waals surface area (Å²) >= 11 is 0. The largest absolute Gasteiger partial charge is 0.368 e. The lowest BCUT2D eigenvalue weighted by atomic mass is 9.65. The van der Waals surface area contributed by atoms with E-state index in [9.17, 15) is 9.59 Å². The number of esters is 1. The molecule has 0 saturated heterocycles. The van der Waals surface area contributed by atoms with E-state index < -0.39 is 5.97 Å². The molecule has 0 radical (unpaired) electrons. The van der Waals surface area contributed by atoms with Crippen molar-refractivity contribution in [2.75, 3.05) is 0 Å². The van der Waals surface area contributed by atoms with Crippen LogP contribution in [-0.4, -0.2) is 11.8 Å². The van der Waals surface area contributed by atoms with Gasteiger partial charge in [-0.25, -0.2) is 4.79 Å². The van der Waals surface area contributed by atoms with Crippen LogP contribution in [0.2, 0.25) is 0 Å². The average molecular weight is 296 g/mol. The average Bonchev–Trinajstić information content (AvgIpc) is 2.47. The Hall–Kier alpha value is -2.34. The van der Waals surface area contributed by atoms with Crippen molar-refractivity contribution in [2.24, 2.45) is 5.41 Å². The summed E-state index contributed by atoms with van der Waals surface area (Å²) in [6, 6.07) is 7.14. The van der Waals surface area contributed by atoms with Gasteiger partial charge in [-0.2, -0.15) is 0 Å². The summed E-state index contributed by atoms with van der Waals surface area (Å²) < 4.78 is 4.92. The second-order valence-electron chi connectivity index (χ2n) is 6.17. The Morgan fingerprint density at radius 2 is 2.14 bits per heavy atom. The summed E-state index contributed by atoms with van der Waals surface area (Å²) in [5.74, 6) is 1.86. The van der Waals surface area contributed by atoms with Gasteiger partial charge in [0.05, 0.1) is 5.56 Å². The monoisotopic (exact) mass is 296 g/mol. The second kappa shape index (κ2) is 6.62. The summed E-state index contributed by atoms with van der Waals surface area (Å²) in [5.41, 5.74) is 0.982. The zero-order valence-electron chi connectivity index (χ0n) is 13.0. The Bertz CT molecular complexity index is 659. The SMILES string of the molecule is C=CC#COC(=O)c1ccccc1C1C(=O)CCCC1(C)C. The van der Waals surface area contributed by atoms with E-state index in [1.54, 1.807) is 12.1 Å². The predicted octanol–water partition coefficient (Wildman–Crippen LogP) is 3.85. The summed E-state index contributed by atoms with van der Waals surface area (Å²) in [4.78, 5) is 24.7. The maximum absolute atomic E-state index is 12.5. The maximum atomic E-state index is 12.5. The summed E-state index contributed by atoms with van der Waals surface area (Å²) in [5, 5.41) is 0. The van der Waals surface area contributed by atoms with Gasteiger partial charge in [-0.05, 0) is 41.9 Å². The maximum Gasteiger partial charge on any atom is 0.352 e. The van der Waals surface area contributed by atoms with Crippen molar-refractivity contribution in [3.05, 3.63) is 48.0 Å². The van der Waals surface area contributed by atoms with Gasteiger partial charge in [0, 0.05) is 12.3 Å². The van der Waals surface area contributed by atoms with Crippen molar-refractivity contribution in [1.82, 2.24) is 0 Å². The molecule has 1 fully saturated rings. The first kappa shape index (κ1) is 16.0. The number of carbonyl (C=O) groups is 2. The van der Waals surface area contributed by atoms with E-state index in [1.807, 2.05) is 12.1 Å². The molecule has 114 valence electrons. The highest BCUT2D eigenvalue weighted by Crippen LogP contribution is 2.45. The van der Waals surface area contributed by atoms with Crippen LogP contribution in [0.25, 0.3) is 0 Å². The van der Waals surface area contributed by atoms with Gasteiger partial charge in [-0.15, -0.1) is 0 Å². The topological polar surface area (TPSA) is 43.4 Å². The number of allylic oxidation sites excluding steroid dienone is 1. The van der Waals surface area contributed by atoms with Gasteiger partial charge in [0.15, 0.2) is 0 Å². The van der Waals surface area contributed by atoms with E-state index in [1.165, 1.54) is 6.08 Å². The van der Waals surface area contributed by atoms with E-state index in [4.69, 9.17) is 4.74 Å². The number of benzene rings is 1. The third-order valence-corrected chi connectivity index (χ3v) is 4.14. The lowest BCUT2D eigenvalue weighted by Crippen LogP contribution is -2.34. The van der Waals surface area contributed by atoms with Crippen LogP contribution in [0.4, 0.5) is 0 Å². The highest BCUT2D eigenvalue weighted by Gasteiger charge is 2.40. The lowest BCUT2D eigenvalue weighted by molar-refractivity contribution is -0.125. The van der Waals surface area contributed by atoms with E-state index >= 15 is 0 Å². The van der Waals surface area contributed by atoms with Crippen molar-refractivity contribution in [3.63, 3.8) is 0 Å². The molecule has 0 bridgehead atoms. The third kappa shape index (κ3) is 3.28. The normalized spacial score (nSPS) is 19.7. The number of hydrogen-bond acceptors (Lipinski definition) is 3. The molecule has 1 aromatic carbocycles. The van der Waals surface area contributed by atoms with Gasteiger partial charge in [0.2, 0.25) is 0 Å². The molecule has 1 unspecified atom stereocenters. The first-order valence-electron chi connectivity index (χ1n) is 7.41. The molecular weight excluding hydrogens is 276 g/mol. The minimum atomic E-state index is -0.529. The van der Waals surface area contributed by atoms with Crippen LogP contribution in [0.3, 0.4) is 0 Å². The summed E-state index contributed by atoms with van der Waals surface area (Å²) in [7, 11) is 0. The molecule has 3 nitrogen and oxygen atoms in total. The lowest BCUT2D eigenvalue weighted by Gasteiger charge is -2.38. The Balaban J connectivity index is 2.41. The molecule has 1 aromatic rings. The molecule has 0 aliphatic heterocycles. The minimum absolute atomic E-state index is 0.168. The molecule has 0 amide bonds. The zero-order valence-corrected chi connectivity index (χ0v) is 13.0. The smallest absolute Gasteiger partial charge is 0.352 e. The van der Waals surface area contributed by atoms with E-state index in [0.29, 0.717) is 12.0 Å². The molecule has 0 spiro atoms. The standard InChI is InChI=1S/C19H20O3/c1-4-5-13-22-18(21)15-10-7-6-9-14(15)17-16(20)11-8-12-19(17,2)3/h4,6-7,9-10,17H,1,8,11-12H2,2-3H3.